The van der Waals surface area contributed by atoms with Crippen molar-refractivity contribution in [2.75, 3.05) is 20.8 Å². The molecule has 1 aromatic rings. The molecular formula is C15H17NO5. The number of ether oxygens (including phenoxy) is 3. The Labute approximate surface area is 122 Å². The van der Waals surface area contributed by atoms with Crippen molar-refractivity contribution in [3.05, 3.63) is 47.7 Å². The molecule has 21 heavy (non-hydrogen) atoms. The Bertz CT molecular complexity index is 536. The van der Waals surface area contributed by atoms with Crippen LogP contribution in [0.25, 0.3) is 0 Å². The fourth-order valence-electron chi connectivity index (χ4n) is 1.48. The summed E-state index contributed by atoms with van der Waals surface area (Å²) in [7, 11) is 2.36. The summed E-state index contributed by atoms with van der Waals surface area (Å²) in [6.45, 7) is -0.118. The molecule has 0 aliphatic heterocycles. The van der Waals surface area contributed by atoms with E-state index in [4.69, 9.17) is 10.1 Å². The lowest BCUT2D eigenvalue weighted by Crippen LogP contribution is -2.16. The molecule has 1 N–H and O–H groups in total. The van der Waals surface area contributed by atoms with Crippen molar-refractivity contribution in [2.45, 2.75) is 6.42 Å². The Hall–Kier alpha value is -2.63. The van der Waals surface area contributed by atoms with Gasteiger partial charge in [0.15, 0.2) is 0 Å². The van der Waals surface area contributed by atoms with E-state index in [1.54, 1.807) is 0 Å². The Kier molecular flexibility index (Phi) is 6.67. The summed E-state index contributed by atoms with van der Waals surface area (Å²) in [6, 6.07) is 9.42. The minimum atomic E-state index is -0.798. The van der Waals surface area contributed by atoms with Gasteiger partial charge in [0, 0.05) is 6.42 Å². The molecule has 0 spiro atoms. The summed E-state index contributed by atoms with van der Waals surface area (Å²) in [5.74, 6) is -1.82. The Morgan fingerprint density at radius 2 is 1.81 bits per heavy atom. The standard InChI is InChI=1S/C15H17NO5/c1-19-14(17)9-13(15(18)20-2)21-10-12(16)8-11-6-4-3-5-7-11/h3-7,9,16H,8,10H2,1-2H3. The van der Waals surface area contributed by atoms with E-state index in [0.717, 1.165) is 11.6 Å². The third kappa shape index (κ3) is 5.90. The van der Waals surface area contributed by atoms with Crippen LogP contribution in [0.5, 0.6) is 0 Å². The average molecular weight is 291 g/mol. The van der Waals surface area contributed by atoms with E-state index in [-0.39, 0.29) is 18.1 Å². The number of rotatable bonds is 7. The second kappa shape index (κ2) is 8.52. The highest BCUT2D eigenvalue weighted by atomic mass is 16.6. The number of carbonyl (C=O) groups excluding carboxylic acids is 2. The first-order valence-corrected chi connectivity index (χ1v) is 6.17. The Morgan fingerprint density at radius 1 is 1.14 bits per heavy atom. The summed E-state index contributed by atoms with van der Waals surface area (Å²) in [5, 5.41) is 7.82. The zero-order chi connectivity index (χ0) is 15.7. The highest BCUT2D eigenvalue weighted by molar-refractivity contribution is 5.95. The molecule has 0 aliphatic carbocycles. The van der Waals surface area contributed by atoms with E-state index in [0.29, 0.717) is 6.42 Å². The summed E-state index contributed by atoms with van der Waals surface area (Å²) in [6.07, 6.45) is 1.29. The third-order valence-corrected chi connectivity index (χ3v) is 2.50. The smallest absolute Gasteiger partial charge is 0.373 e. The zero-order valence-electron chi connectivity index (χ0n) is 11.9. The van der Waals surface area contributed by atoms with Gasteiger partial charge in [-0.3, -0.25) is 0 Å². The molecule has 0 bridgehead atoms. The lowest BCUT2D eigenvalue weighted by Gasteiger charge is -2.09. The van der Waals surface area contributed by atoms with Crippen molar-refractivity contribution in [3.8, 4) is 0 Å². The normalized spacial score (nSPS) is 10.7. The van der Waals surface area contributed by atoms with Crippen LogP contribution >= 0.6 is 0 Å². The van der Waals surface area contributed by atoms with Crippen LogP contribution in [0.2, 0.25) is 0 Å². The van der Waals surface area contributed by atoms with E-state index in [2.05, 4.69) is 9.47 Å². The number of carbonyl (C=O) groups is 2. The van der Waals surface area contributed by atoms with Crippen LogP contribution in [0.4, 0.5) is 0 Å². The van der Waals surface area contributed by atoms with Gasteiger partial charge in [0.1, 0.15) is 6.61 Å². The predicted molar refractivity (Wildman–Crippen MR) is 75.9 cm³/mol. The molecular weight excluding hydrogens is 274 g/mol. The molecule has 1 aromatic carbocycles. The third-order valence-electron chi connectivity index (χ3n) is 2.50. The van der Waals surface area contributed by atoms with Gasteiger partial charge in [-0.05, 0) is 5.56 Å². The van der Waals surface area contributed by atoms with Gasteiger partial charge in [-0.2, -0.15) is 0 Å². The second-order valence-electron chi connectivity index (χ2n) is 4.08. The van der Waals surface area contributed by atoms with E-state index >= 15 is 0 Å². The van der Waals surface area contributed by atoms with Crippen molar-refractivity contribution in [3.63, 3.8) is 0 Å². The molecule has 0 radical (unpaired) electrons. The maximum absolute atomic E-state index is 11.4. The predicted octanol–water partition coefficient (Wildman–Crippen LogP) is 1.50. The first-order chi connectivity index (χ1) is 10.1. The van der Waals surface area contributed by atoms with Gasteiger partial charge in [0.05, 0.1) is 26.0 Å². The van der Waals surface area contributed by atoms with Crippen LogP contribution in [0.3, 0.4) is 0 Å². The minimum Gasteiger partial charge on any atom is -0.480 e. The van der Waals surface area contributed by atoms with Crippen LogP contribution in [0.15, 0.2) is 42.2 Å². The van der Waals surface area contributed by atoms with Crippen molar-refractivity contribution in [1.29, 1.82) is 5.41 Å². The van der Waals surface area contributed by atoms with Crippen LogP contribution in [0.1, 0.15) is 5.56 Å². The topological polar surface area (TPSA) is 85.7 Å². The Balaban J connectivity index is 2.60. The maximum atomic E-state index is 11.4. The van der Waals surface area contributed by atoms with Gasteiger partial charge in [-0.25, -0.2) is 9.59 Å². The molecule has 0 saturated carbocycles. The van der Waals surface area contributed by atoms with Crippen LogP contribution in [-0.2, 0) is 30.2 Å². The Morgan fingerprint density at radius 3 is 2.38 bits per heavy atom. The van der Waals surface area contributed by atoms with Gasteiger partial charge in [-0.1, -0.05) is 30.3 Å². The molecule has 112 valence electrons. The van der Waals surface area contributed by atoms with Gasteiger partial charge in [-0.15, -0.1) is 0 Å². The first-order valence-electron chi connectivity index (χ1n) is 6.17. The number of esters is 2. The number of hydrogen-bond acceptors (Lipinski definition) is 6. The van der Waals surface area contributed by atoms with E-state index in [1.165, 1.54) is 14.2 Å². The van der Waals surface area contributed by atoms with Gasteiger partial charge < -0.3 is 19.6 Å². The van der Waals surface area contributed by atoms with Crippen molar-refractivity contribution < 1.29 is 23.8 Å². The lowest BCUT2D eigenvalue weighted by molar-refractivity contribution is -0.141. The minimum absolute atomic E-state index is 0.118. The van der Waals surface area contributed by atoms with Gasteiger partial charge in [0.25, 0.3) is 0 Å². The highest BCUT2D eigenvalue weighted by Crippen LogP contribution is 2.05. The number of methoxy groups -OCH3 is 2. The molecule has 0 unspecified atom stereocenters. The second-order valence-corrected chi connectivity index (χ2v) is 4.08. The molecule has 0 aromatic heterocycles. The maximum Gasteiger partial charge on any atom is 0.373 e. The highest BCUT2D eigenvalue weighted by Gasteiger charge is 2.15. The van der Waals surface area contributed by atoms with Crippen molar-refractivity contribution in [1.82, 2.24) is 0 Å². The first kappa shape index (κ1) is 16.4. The molecule has 1 rings (SSSR count). The quantitative estimate of drug-likeness (QED) is 0.356. The fourth-order valence-corrected chi connectivity index (χ4v) is 1.48. The molecule has 0 heterocycles. The number of hydrogen-bond donors (Lipinski definition) is 1. The molecule has 6 nitrogen and oxygen atoms in total. The summed E-state index contributed by atoms with van der Waals surface area (Å²) in [5.41, 5.74) is 1.23. The van der Waals surface area contributed by atoms with Crippen LogP contribution in [0, 0.1) is 5.41 Å². The lowest BCUT2D eigenvalue weighted by atomic mass is 10.1. The molecule has 0 amide bonds. The largest absolute Gasteiger partial charge is 0.480 e. The van der Waals surface area contributed by atoms with Gasteiger partial charge >= 0.3 is 11.9 Å². The number of nitrogens with one attached hydrogen (secondary N) is 1. The SMILES string of the molecule is COC(=O)C=C(OCC(=N)Cc1ccccc1)C(=O)OC. The van der Waals surface area contributed by atoms with Gasteiger partial charge in [0.2, 0.25) is 5.76 Å². The number of benzene rings is 1. The molecule has 6 heteroatoms. The van der Waals surface area contributed by atoms with E-state index in [9.17, 15) is 9.59 Å². The van der Waals surface area contributed by atoms with Crippen LogP contribution in [-0.4, -0.2) is 38.5 Å². The van der Waals surface area contributed by atoms with Crippen molar-refractivity contribution >= 4 is 17.7 Å². The fraction of sp³-hybridized carbons (Fsp3) is 0.267. The zero-order valence-corrected chi connectivity index (χ0v) is 11.9. The van der Waals surface area contributed by atoms with Crippen molar-refractivity contribution in [2.24, 2.45) is 0 Å². The summed E-state index contributed by atoms with van der Waals surface area (Å²) >= 11 is 0. The monoisotopic (exact) mass is 291 g/mol. The summed E-state index contributed by atoms with van der Waals surface area (Å²) < 4.78 is 14.1. The molecule has 0 atom stereocenters. The molecule has 0 aliphatic rings. The van der Waals surface area contributed by atoms with E-state index in [1.807, 2.05) is 30.3 Å². The molecule has 0 saturated heterocycles. The molecule has 0 fully saturated rings. The van der Waals surface area contributed by atoms with Crippen LogP contribution < -0.4 is 0 Å². The summed E-state index contributed by atoms with van der Waals surface area (Å²) in [4.78, 5) is 22.6. The average Bonchev–Trinajstić information content (AvgIpc) is 2.51. The van der Waals surface area contributed by atoms with E-state index < -0.39 is 11.9 Å².